The van der Waals surface area contributed by atoms with Crippen molar-refractivity contribution in [2.45, 2.75) is 64.3 Å². The highest BCUT2D eigenvalue weighted by Gasteiger charge is 2.43. The van der Waals surface area contributed by atoms with Gasteiger partial charge in [0.25, 0.3) is 0 Å². The number of rotatable bonds is 5. The molecule has 1 aliphatic heterocycles. The predicted molar refractivity (Wildman–Crippen MR) is 62.4 cm³/mol. The van der Waals surface area contributed by atoms with Gasteiger partial charge in [0.2, 0.25) is 0 Å². The smallest absolute Gasteiger partial charge is 0.186 e. The maximum absolute atomic E-state index is 9.73. The fraction of sp³-hybridized carbons (Fsp3) is 1.00. The topological polar surface area (TPSA) is 79.2 Å². The molecule has 0 saturated carbocycles. The van der Waals surface area contributed by atoms with E-state index in [9.17, 15) is 15.3 Å². The second-order valence-corrected chi connectivity index (χ2v) is 4.98. The zero-order valence-corrected chi connectivity index (χ0v) is 10.7. The van der Waals surface area contributed by atoms with Crippen molar-refractivity contribution >= 4 is 0 Å². The van der Waals surface area contributed by atoms with E-state index >= 15 is 0 Å². The molecule has 1 saturated heterocycles. The molecular weight excluding hydrogens is 224 g/mol. The van der Waals surface area contributed by atoms with Crippen LogP contribution in [0.5, 0.6) is 0 Å². The van der Waals surface area contributed by atoms with Crippen molar-refractivity contribution in [3.05, 3.63) is 0 Å². The van der Waals surface area contributed by atoms with Crippen LogP contribution in [0.15, 0.2) is 0 Å². The molecule has 1 rings (SSSR count). The average Bonchev–Trinajstić information content (AvgIpc) is 2.29. The maximum Gasteiger partial charge on any atom is 0.186 e. The van der Waals surface area contributed by atoms with Crippen molar-refractivity contribution in [1.82, 2.24) is 0 Å². The first kappa shape index (κ1) is 14.9. The largest absolute Gasteiger partial charge is 0.388 e. The highest BCUT2D eigenvalue weighted by atomic mass is 16.7. The van der Waals surface area contributed by atoms with Gasteiger partial charge in [0, 0.05) is 0 Å². The van der Waals surface area contributed by atoms with Gasteiger partial charge in [0.05, 0.1) is 12.7 Å². The normalized spacial score (nSPS) is 38.6. The molecule has 1 fully saturated rings. The van der Waals surface area contributed by atoms with Gasteiger partial charge >= 0.3 is 0 Å². The Morgan fingerprint density at radius 3 is 2.29 bits per heavy atom. The van der Waals surface area contributed by atoms with Crippen LogP contribution in [0, 0.1) is 5.92 Å². The Kier molecular flexibility index (Phi) is 5.82. The minimum Gasteiger partial charge on any atom is -0.388 e. The van der Waals surface area contributed by atoms with Crippen LogP contribution in [0.25, 0.3) is 0 Å². The molecule has 3 N–H and O–H groups in total. The second kappa shape index (κ2) is 6.66. The summed E-state index contributed by atoms with van der Waals surface area (Å²) < 4.78 is 10.8. The molecule has 2 unspecified atom stereocenters. The maximum atomic E-state index is 9.73. The number of ether oxygens (including phenoxy) is 2. The first-order chi connectivity index (χ1) is 7.97. The highest BCUT2D eigenvalue weighted by Crippen LogP contribution is 2.24. The predicted octanol–water partition coefficient (Wildman–Crippen LogP) is 0.267. The van der Waals surface area contributed by atoms with Crippen LogP contribution in [0.1, 0.15) is 33.6 Å². The van der Waals surface area contributed by atoms with E-state index in [1.54, 1.807) is 0 Å². The molecule has 5 atom stereocenters. The number of aliphatic hydroxyl groups excluding tert-OH is 3. The van der Waals surface area contributed by atoms with E-state index in [1.165, 1.54) is 0 Å². The number of hydrogen-bond donors (Lipinski definition) is 3. The van der Waals surface area contributed by atoms with Crippen molar-refractivity contribution in [3.63, 3.8) is 0 Å². The Bertz CT molecular complexity index is 219. The molecule has 5 nitrogen and oxygen atoms in total. The molecule has 102 valence electrons. The Hall–Kier alpha value is -0.200. The summed E-state index contributed by atoms with van der Waals surface area (Å²) in [6, 6.07) is 0. The molecule has 1 aliphatic rings. The molecule has 0 aromatic heterocycles. The fourth-order valence-corrected chi connectivity index (χ4v) is 1.81. The van der Waals surface area contributed by atoms with Gasteiger partial charge in [-0.25, -0.2) is 0 Å². The van der Waals surface area contributed by atoms with Gasteiger partial charge in [-0.3, -0.25) is 0 Å². The third kappa shape index (κ3) is 3.89. The molecule has 5 heteroatoms. The van der Waals surface area contributed by atoms with Gasteiger partial charge in [-0.15, -0.1) is 0 Å². The van der Waals surface area contributed by atoms with Crippen LogP contribution in [0.2, 0.25) is 0 Å². The van der Waals surface area contributed by atoms with Crippen LogP contribution < -0.4 is 0 Å². The fourth-order valence-electron chi connectivity index (χ4n) is 1.81. The van der Waals surface area contributed by atoms with E-state index in [-0.39, 0.29) is 0 Å². The molecule has 0 bridgehead atoms. The molecule has 0 amide bonds. The molecule has 17 heavy (non-hydrogen) atoms. The molecule has 1 heterocycles. The first-order valence-electron chi connectivity index (χ1n) is 6.28. The Labute approximate surface area is 102 Å². The van der Waals surface area contributed by atoms with Crippen molar-refractivity contribution < 1.29 is 24.8 Å². The summed E-state index contributed by atoms with van der Waals surface area (Å²) in [6.07, 6.45) is -3.37. The van der Waals surface area contributed by atoms with Crippen molar-refractivity contribution in [2.24, 2.45) is 5.92 Å². The zero-order chi connectivity index (χ0) is 13.0. The summed E-state index contributed by atoms with van der Waals surface area (Å²) in [5.74, 6) is 0.508. The number of aliphatic hydroxyl groups is 3. The van der Waals surface area contributed by atoms with E-state index in [1.807, 2.05) is 6.92 Å². The van der Waals surface area contributed by atoms with Gasteiger partial charge in [0.15, 0.2) is 6.29 Å². The van der Waals surface area contributed by atoms with E-state index in [0.29, 0.717) is 18.9 Å². The first-order valence-corrected chi connectivity index (χ1v) is 6.28. The van der Waals surface area contributed by atoms with Gasteiger partial charge in [0.1, 0.15) is 18.3 Å². The summed E-state index contributed by atoms with van der Waals surface area (Å²) in [5.41, 5.74) is 0. The van der Waals surface area contributed by atoms with Crippen LogP contribution >= 0.6 is 0 Å². The standard InChI is InChI=1S/C12H24O5/c1-4-8-9(13)10(14)11(15)12(17-8)16-6-5-7(2)3/h7-15H,4-6H2,1-3H3/t8?,9-,10-,11?,12+/m1/s1. The lowest BCUT2D eigenvalue weighted by Gasteiger charge is -2.40. The van der Waals surface area contributed by atoms with Gasteiger partial charge in [-0.2, -0.15) is 0 Å². The minimum atomic E-state index is -1.21. The van der Waals surface area contributed by atoms with Crippen LogP contribution in [-0.2, 0) is 9.47 Å². The Balaban J connectivity index is 2.47. The summed E-state index contributed by atoms with van der Waals surface area (Å²) in [6.45, 7) is 6.48. The molecule has 0 aromatic carbocycles. The third-order valence-corrected chi connectivity index (χ3v) is 3.05. The number of hydrogen-bond acceptors (Lipinski definition) is 5. The summed E-state index contributed by atoms with van der Waals surface area (Å²) in [4.78, 5) is 0. The average molecular weight is 248 g/mol. The zero-order valence-electron chi connectivity index (χ0n) is 10.7. The lowest BCUT2D eigenvalue weighted by Crippen LogP contribution is -2.58. The summed E-state index contributed by atoms with van der Waals surface area (Å²) in [7, 11) is 0. The van der Waals surface area contributed by atoms with Crippen molar-refractivity contribution in [3.8, 4) is 0 Å². The minimum absolute atomic E-state index is 0.471. The molecular formula is C12H24O5. The van der Waals surface area contributed by atoms with Crippen LogP contribution in [-0.4, -0.2) is 52.6 Å². The van der Waals surface area contributed by atoms with E-state index in [2.05, 4.69) is 13.8 Å². The highest BCUT2D eigenvalue weighted by molar-refractivity contribution is 4.88. The summed E-state index contributed by atoms with van der Waals surface area (Å²) >= 11 is 0. The van der Waals surface area contributed by atoms with Gasteiger partial charge in [-0.05, 0) is 18.8 Å². The Morgan fingerprint density at radius 1 is 1.12 bits per heavy atom. The lowest BCUT2D eigenvalue weighted by molar-refractivity contribution is -0.297. The molecule has 0 spiro atoms. The van der Waals surface area contributed by atoms with E-state index in [0.717, 1.165) is 6.42 Å². The SMILES string of the molecule is CCC1O[C@H](OCCC(C)C)C(O)[C@H](O)[C@@H]1O. The van der Waals surface area contributed by atoms with Gasteiger partial charge < -0.3 is 24.8 Å². The van der Waals surface area contributed by atoms with Gasteiger partial charge in [-0.1, -0.05) is 20.8 Å². The lowest BCUT2D eigenvalue weighted by atomic mass is 9.97. The van der Waals surface area contributed by atoms with Crippen molar-refractivity contribution in [1.29, 1.82) is 0 Å². The third-order valence-electron chi connectivity index (χ3n) is 3.05. The van der Waals surface area contributed by atoms with E-state index in [4.69, 9.17) is 9.47 Å². The molecule has 0 radical (unpaired) electrons. The van der Waals surface area contributed by atoms with Crippen molar-refractivity contribution in [2.75, 3.05) is 6.61 Å². The molecule has 0 aliphatic carbocycles. The Morgan fingerprint density at radius 2 is 1.76 bits per heavy atom. The summed E-state index contributed by atoms with van der Waals surface area (Å²) in [5, 5.41) is 29.0. The van der Waals surface area contributed by atoms with E-state index < -0.39 is 30.7 Å². The molecule has 0 aromatic rings. The van der Waals surface area contributed by atoms with Crippen LogP contribution in [0.3, 0.4) is 0 Å². The second-order valence-electron chi connectivity index (χ2n) is 4.98. The van der Waals surface area contributed by atoms with Crippen LogP contribution in [0.4, 0.5) is 0 Å². The monoisotopic (exact) mass is 248 g/mol. The quantitative estimate of drug-likeness (QED) is 0.650.